The number of amides is 1. The molecule has 1 aromatic rings. The van der Waals surface area contributed by atoms with Gasteiger partial charge in [0.05, 0.1) is 10.6 Å². The maximum absolute atomic E-state index is 12.5. The van der Waals surface area contributed by atoms with Gasteiger partial charge in [-0.25, -0.2) is 0 Å². The molecule has 2 N–H and O–H groups in total. The van der Waals surface area contributed by atoms with Crippen molar-refractivity contribution in [2.45, 2.75) is 32.7 Å². The maximum atomic E-state index is 12.5. The molecule has 3 nitrogen and oxygen atoms in total. The monoisotopic (exact) mass is 280 g/mol. The Labute approximate surface area is 119 Å². The zero-order valence-corrected chi connectivity index (χ0v) is 12.3. The van der Waals surface area contributed by atoms with E-state index in [1.807, 2.05) is 30.0 Å². The van der Waals surface area contributed by atoms with E-state index < -0.39 is 0 Å². The van der Waals surface area contributed by atoms with E-state index in [1.54, 1.807) is 0 Å². The van der Waals surface area contributed by atoms with Gasteiger partial charge in [0, 0.05) is 19.1 Å². The van der Waals surface area contributed by atoms with E-state index in [0.717, 1.165) is 31.5 Å². The Morgan fingerprint density at radius 3 is 2.89 bits per heavy atom. The Hall–Kier alpha value is -1.06. The van der Waals surface area contributed by atoms with Gasteiger partial charge >= 0.3 is 0 Å². The van der Waals surface area contributed by atoms with E-state index in [9.17, 15) is 4.79 Å². The minimum Gasteiger partial charge on any atom is -0.338 e. The molecule has 2 atom stereocenters. The number of carbonyl (C=O) groups excluding carboxylic acids is 1. The van der Waals surface area contributed by atoms with Crippen LogP contribution in [-0.4, -0.2) is 29.9 Å². The predicted octanol–water partition coefficient (Wildman–Crippen LogP) is 2.85. The topological polar surface area (TPSA) is 46.3 Å². The van der Waals surface area contributed by atoms with Crippen molar-refractivity contribution in [3.8, 4) is 0 Å². The molecule has 0 saturated carbocycles. The van der Waals surface area contributed by atoms with Crippen LogP contribution in [0.2, 0.25) is 5.02 Å². The summed E-state index contributed by atoms with van der Waals surface area (Å²) in [4.78, 5) is 14.4. The highest BCUT2D eigenvalue weighted by Crippen LogP contribution is 2.24. The molecule has 1 saturated heterocycles. The van der Waals surface area contributed by atoms with Crippen molar-refractivity contribution >= 4 is 17.5 Å². The highest BCUT2D eigenvalue weighted by molar-refractivity contribution is 6.33. The number of piperidine rings is 1. The van der Waals surface area contributed by atoms with E-state index >= 15 is 0 Å². The van der Waals surface area contributed by atoms with E-state index in [4.69, 9.17) is 17.3 Å². The largest absolute Gasteiger partial charge is 0.338 e. The summed E-state index contributed by atoms with van der Waals surface area (Å²) in [7, 11) is 0. The first-order valence-corrected chi connectivity index (χ1v) is 7.21. The Balaban J connectivity index is 2.15. The Morgan fingerprint density at radius 1 is 1.53 bits per heavy atom. The summed E-state index contributed by atoms with van der Waals surface area (Å²) in [5.74, 6) is 0.414. The number of carbonyl (C=O) groups is 1. The molecule has 0 bridgehead atoms. The minimum atomic E-state index is 0.0235. The van der Waals surface area contributed by atoms with Gasteiger partial charge in [-0.15, -0.1) is 0 Å². The summed E-state index contributed by atoms with van der Waals surface area (Å²) in [5.41, 5.74) is 7.73. The van der Waals surface area contributed by atoms with Gasteiger partial charge in [0.2, 0.25) is 0 Å². The van der Waals surface area contributed by atoms with Gasteiger partial charge in [-0.3, -0.25) is 4.79 Å². The number of nitrogens with two attached hydrogens (primary N) is 1. The number of aryl methyl sites for hydroxylation is 1. The first-order valence-electron chi connectivity index (χ1n) is 6.84. The quantitative estimate of drug-likeness (QED) is 0.905. The number of hydrogen-bond acceptors (Lipinski definition) is 2. The molecule has 1 fully saturated rings. The molecule has 104 valence electrons. The number of benzene rings is 1. The molecule has 1 aliphatic heterocycles. The van der Waals surface area contributed by atoms with Crippen LogP contribution in [0.3, 0.4) is 0 Å². The lowest BCUT2D eigenvalue weighted by Crippen LogP contribution is -2.49. The standard InChI is InChI=1S/C15H21ClN2O/c1-3-11-9-18(7-6-14(11)17)15(19)12-5-4-10(2)8-13(12)16/h4-5,8,11,14H,3,6-7,9,17H2,1-2H3. The van der Waals surface area contributed by atoms with Gasteiger partial charge < -0.3 is 10.6 Å². The fourth-order valence-corrected chi connectivity index (χ4v) is 2.95. The van der Waals surface area contributed by atoms with Crippen molar-refractivity contribution in [2.24, 2.45) is 11.7 Å². The van der Waals surface area contributed by atoms with Crippen LogP contribution in [0.4, 0.5) is 0 Å². The lowest BCUT2D eigenvalue weighted by Gasteiger charge is -2.36. The normalized spacial score (nSPS) is 23.5. The third kappa shape index (κ3) is 3.10. The van der Waals surface area contributed by atoms with Gasteiger partial charge in [0.1, 0.15) is 0 Å². The van der Waals surface area contributed by atoms with E-state index in [0.29, 0.717) is 16.5 Å². The summed E-state index contributed by atoms with van der Waals surface area (Å²) in [6.45, 7) is 5.55. The van der Waals surface area contributed by atoms with Crippen molar-refractivity contribution in [1.29, 1.82) is 0 Å². The van der Waals surface area contributed by atoms with Crippen LogP contribution < -0.4 is 5.73 Å². The Morgan fingerprint density at radius 2 is 2.26 bits per heavy atom. The molecule has 1 amide bonds. The zero-order chi connectivity index (χ0) is 14.0. The second kappa shape index (κ2) is 5.93. The maximum Gasteiger partial charge on any atom is 0.255 e. The van der Waals surface area contributed by atoms with Gasteiger partial charge in [0.25, 0.3) is 5.91 Å². The predicted molar refractivity (Wildman–Crippen MR) is 78.5 cm³/mol. The first-order chi connectivity index (χ1) is 9.02. The molecule has 1 aliphatic rings. The van der Waals surface area contributed by atoms with Crippen LogP contribution in [0.1, 0.15) is 35.7 Å². The molecule has 2 unspecified atom stereocenters. The molecule has 0 spiro atoms. The second-order valence-corrected chi connectivity index (χ2v) is 5.76. The summed E-state index contributed by atoms with van der Waals surface area (Å²) in [6.07, 6.45) is 1.88. The van der Waals surface area contributed by atoms with E-state index in [1.165, 1.54) is 0 Å². The van der Waals surface area contributed by atoms with Crippen LogP contribution >= 0.6 is 11.6 Å². The molecule has 1 aromatic carbocycles. The summed E-state index contributed by atoms with van der Waals surface area (Å²) < 4.78 is 0. The van der Waals surface area contributed by atoms with Gasteiger partial charge in [-0.05, 0) is 37.0 Å². The smallest absolute Gasteiger partial charge is 0.255 e. The number of halogens is 1. The summed E-state index contributed by atoms with van der Waals surface area (Å²) in [6, 6.07) is 5.78. The molecular weight excluding hydrogens is 260 g/mol. The average molecular weight is 281 g/mol. The number of hydrogen-bond donors (Lipinski definition) is 1. The van der Waals surface area contributed by atoms with E-state index in [-0.39, 0.29) is 11.9 Å². The fourth-order valence-electron chi connectivity index (χ4n) is 2.63. The third-order valence-corrected chi connectivity index (χ3v) is 4.27. The molecule has 0 aromatic heterocycles. The number of likely N-dealkylation sites (tertiary alicyclic amines) is 1. The Kier molecular flexibility index (Phi) is 4.48. The fraction of sp³-hybridized carbons (Fsp3) is 0.533. The van der Waals surface area contributed by atoms with E-state index in [2.05, 4.69) is 6.92 Å². The molecule has 4 heteroatoms. The van der Waals surface area contributed by atoms with Crippen LogP contribution in [0.15, 0.2) is 18.2 Å². The lowest BCUT2D eigenvalue weighted by atomic mass is 9.90. The minimum absolute atomic E-state index is 0.0235. The molecular formula is C15H21ClN2O. The number of nitrogens with zero attached hydrogens (tertiary/aromatic N) is 1. The van der Waals surface area contributed by atoms with Crippen molar-refractivity contribution in [1.82, 2.24) is 4.90 Å². The number of rotatable bonds is 2. The highest BCUT2D eigenvalue weighted by Gasteiger charge is 2.29. The first kappa shape index (κ1) is 14.4. The van der Waals surface area contributed by atoms with Crippen molar-refractivity contribution in [3.63, 3.8) is 0 Å². The lowest BCUT2D eigenvalue weighted by molar-refractivity contribution is 0.0649. The van der Waals surface area contributed by atoms with Crippen LogP contribution in [0, 0.1) is 12.8 Å². The summed E-state index contributed by atoms with van der Waals surface area (Å²) in [5, 5.41) is 0.535. The molecule has 2 rings (SSSR count). The van der Waals surface area contributed by atoms with Gasteiger partial charge in [0.15, 0.2) is 0 Å². The van der Waals surface area contributed by atoms with Crippen molar-refractivity contribution < 1.29 is 4.79 Å². The zero-order valence-electron chi connectivity index (χ0n) is 11.5. The molecule has 0 aliphatic carbocycles. The van der Waals surface area contributed by atoms with Gasteiger partial charge in [-0.2, -0.15) is 0 Å². The average Bonchev–Trinajstić information content (AvgIpc) is 2.38. The van der Waals surface area contributed by atoms with Crippen molar-refractivity contribution in [2.75, 3.05) is 13.1 Å². The second-order valence-electron chi connectivity index (χ2n) is 5.36. The van der Waals surface area contributed by atoms with Gasteiger partial charge in [-0.1, -0.05) is 31.0 Å². The van der Waals surface area contributed by atoms with Crippen LogP contribution in [0.5, 0.6) is 0 Å². The third-order valence-electron chi connectivity index (χ3n) is 3.96. The van der Waals surface area contributed by atoms with Crippen molar-refractivity contribution in [3.05, 3.63) is 34.3 Å². The van der Waals surface area contributed by atoms with Crippen LogP contribution in [0.25, 0.3) is 0 Å². The summed E-state index contributed by atoms with van der Waals surface area (Å²) >= 11 is 6.17. The molecule has 1 heterocycles. The Bertz CT molecular complexity index is 475. The molecule has 19 heavy (non-hydrogen) atoms. The van der Waals surface area contributed by atoms with Crippen LogP contribution in [-0.2, 0) is 0 Å². The highest BCUT2D eigenvalue weighted by atomic mass is 35.5. The SMILES string of the molecule is CCC1CN(C(=O)c2ccc(C)cc2Cl)CCC1N. The molecule has 0 radical (unpaired) electrons.